The van der Waals surface area contributed by atoms with Gasteiger partial charge in [0.15, 0.2) is 0 Å². The van der Waals surface area contributed by atoms with Gasteiger partial charge in [-0.2, -0.15) is 0 Å². The van der Waals surface area contributed by atoms with Crippen molar-refractivity contribution in [2.24, 2.45) is 0 Å². The predicted molar refractivity (Wildman–Crippen MR) is 64.0 cm³/mol. The zero-order valence-electron chi connectivity index (χ0n) is 8.99. The quantitative estimate of drug-likeness (QED) is 0.869. The Labute approximate surface area is 107 Å². The molecule has 2 aromatic heterocycles. The van der Waals surface area contributed by atoms with E-state index in [1.165, 1.54) is 17.7 Å². The number of thiophene rings is 1. The smallest absolute Gasteiger partial charge is 0.347 e. The summed E-state index contributed by atoms with van der Waals surface area (Å²) in [7, 11) is -3.85. The number of aromatic carboxylic acids is 1. The predicted octanol–water partition coefficient (Wildman–Crippen LogP) is 1.52. The van der Waals surface area contributed by atoms with E-state index in [4.69, 9.17) is 9.52 Å². The molecule has 0 spiro atoms. The molecule has 8 heteroatoms. The molecule has 2 aromatic rings. The minimum absolute atomic E-state index is 0.0236. The molecule has 0 aromatic carbocycles. The third kappa shape index (κ3) is 2.61. The molecule has 0 unspecified atom stereocenters. The molecule has 0 amide bonds. The second kappa shape index (κ2) is 4.92. The van der Waals surface area contributed by atoms with Crippen molar-refractivity contribution in [3.8, 4) is 0 Å². The lowest BCUT2D eigenvalue weighted by molar-refractivity contribution is 0.0698. The lowest BCUT2D eigenvalue weighted by Gasteiger charge is -2.04. The molecule has 18 heavy (non-hydrogen) atoms. The van der Waals surface area contributed by atoms with Gasteiger partial charge < -0.3 is 9.52 Å². The second-order valence-electron chi connectivity index (χ2n) is 3.32. The highest BCUT2D eigenvalue weighted by atomic mass is 32.2. The number of hydrogen-bond donors (Lipinski definition) is 2. The first-order valence-corrected chi connectivity index (χ1v) is 7.20. The van der Waals surface area contributed by atoms with E-state index in [1.54, 1.807) is 12.1 Å². The number of hydrogen-bond acceptors (Lipinski definition) is 5. The number of rotatable bonds is 5. The molecule has 2 heterocycles. The van der Waals surface area contributed by atoms with Gasteiger partial charge in [0, 0.05) is 0 Å². The van der Waals surface area contributed by atoms with E-state index in [0.29, 0.717) is 5.76 Å². The Morgan fingerprint density at radius 1 is 1.44 bits per heavy atom. The lowest BCUT2D eigenvalue weighted by Crippen LogP contribution is -2.24. The SMILES string of the molecule is O=C(O)c1sccc1S(=O)(=O)NCc1ccco1. The molecular formula is C10H9NO5S2. The van der Waals surface area contributed by atoms with Gasteiger partial charge in [-0.3, -0.25) is 0 Å². The van der Waals surface area contributed by atoms with Crippen LogP contribution >= 0.6 is 11.3 Å². The largest absolute Gasteiger partial charge is 0.477 e. The average molecular weight is 287 g/mol. The van der Waals surface area contributed by atoms with Crippen LogP contribution in [0.4, 0.5) is 0 Å². The van der Waals surface area contributed by atoms with Crippen LogP contribution in [0.1, 0.15) is 15.4 Å². The van der Waals surface area contributed by atoms with E-state index in [1.807, 2.05) is 0 Å². The maximum absolute atomic E-state index is 11.9. The molecule has 6 nitrogen and oxygen atoms in total. The van der Waals surface area contributed by atoms with Crippen LogP contribution < -0.4 is 4.72 Å². The molecule has 0 atom stereocenters. The molecular weight excluding hydrogens is 278 g/mol. The van der Waals surface area contributed by atoms with Crippen molar-refractivity contribution in [1.29, 1.82) is 0 Å². The zero-order chi connectivity index (χ0) is 13.2. The van der Waals surface area contributed by atoms with Crippen molar-refractivity contribution >= 4 is 27.3 Å². The van der Waals surface area contributed by atoms with Crippen LogP contribution in [0.5, 0.6) is 0 Å². The maximum atomic E-state index is 11.9. The lowest BCUT2D eigenvalue weighted by atomic mass is 10.5. The number of sulfonamides is 1. The topological polar surface area (TPSA) is 96.6 Å². The van der Waals surface area contributed by atoms with Gasteiger partial charge in [0.2, 0.25) is 10.0 Å². The maximum Gasteiger partial charge on any atom is 0.347 e. The minimum Gasteiger partial charge on any atom is -0.477 e. The third-order valence-electron chi connectivity index (χ3n) is 2.13. The minimum atomic E-state index is -3.85. The molecule has 0 aliphatic rings. The monoisotopic (exact) mass is 287 g/mol. The highest BCUT2D eigenvalue weighted by Crippen LogP contribution is 2.21. The van der Waals surface area contributed by atoms with E-state index in [9.17, 15) is 13.2 Å². The van der Waals surface area contributed by atoms with Crippen LogP contribution in [0, 0.1) is 0 Å². The summed E-state index contributed by atoms with van der Waals surface area (Å²) in [5, 5.41) is 10.3. The molecule has 0 aliphatic carbocycles. The van der Waals surface area contributed by atoms with Crippen LogP contribution in [0.15, 0.2) is 39.2 Å². The molecule has 0 fully saturated rings. The Morgan fingerprint density at radius 2 is 2.22 bits per heavy atom. The number of carboxylic acid groups (broad SMARTS) is 1. The van der Waals surface area contributed by atoms with Gasteiger partial charge in [-0.05, 0) is 23.6 Å². The number of carbonyl (C=O) groups is 1. The average Bonchev–Trinajstić information content (AvgIpc) is 2.98. The van der Waals surface area contributed by atoms with E-state index in [-0.39, 0.29) is 16.3 Å². The molecule has 2 rings (SSSR count). The van der Waals surface area contributed by atoms with Crippen LogP contribution in [-0.2, 0) is 16.6 Å². The van der Waals surface area contributed by atoms with Crippen molar-refractivity contribution < 1.29 is 22.7 Å². The summed E-state index contributed by atoms with van der Waals surface area (Å²) >= 11 is 0.866. The Bertz CT molecular complexity index is 642. The highest BCUT2D eigenvalue weighted by molar-refractivity contribution is 7.89. The summed E-state index contributed by atoms with van der Waals surface area (Å²) in [5.41, 5.74) is 0. The van der Waals surface area contributed by atoms with Crippen LogP contribution in [0.3, 0.4) is 0 Å². The van der Waals surface area contributed by atoms with E-state index >= 15 is 0 Å². The van der Waals surface area contributed by atoms with Gasteiger partial charge >= 0.3 is 5.97 Å². The Morgan fingerprint density at radius 3 is 2.83 bits per heavy atom. The van der Waals surface area contributed by atoms with E-state index < -0.39 is 16.0 Å². The normalized spacial score (nSPS) is 11.6. The summed E-state index contributed by atoms with van der Waals surface area (Å²) < 4.78 is 31.1. The second-order valence-corrected chi connectivity index (χ2v) is 5.97. The Balaban J connectivity index is 2.20. The van der Waals surface area contributed by atoms with Gasteiger partial charge in [0.1, 0.15) is 15.5 Å². The van der Waals surface area contributed by atoms with Crippen molar-refractivity contribution in [2.75, 3.05) is 0 Å². The summed E-state index contributed by atoms with van der Waals surface area (Å²) in [6, 6.07) is 4.52. The summed E-state index contributed by atoms with van der Waals surface area (Å²) in [6.45, 7) is -0.0236. The van der Waals surface area contributed by atoms with Gasteiger partial charge in [0.05, 0.1) is 12.8 Å². The third-order valence-corrected chi connectivity index (χ3v) is 4.60. The van der Waals surface area contributed by atoms with Crippen molar-refractivity contribution in [3.05, 3.63) is 40.5 Å². The first kappa shape index (κ1) is 12.8. The highest BCUT2D eigenvalue weighted by Gasteiger charge is 2.23. The molecule has 0 aliphatic heterocycles. The van der Waals surface area contributed by atoms with Crippen LogP contribution in [0.2, 0.25) is 0 Å². The molecule has 0 radical (unpaired) electrons. The molecule has 0 bridgehead atoms. The van der Waals surface area contributed by atoms with Crippen molar-refractivity contribution in [1.82, 2.24) is 4.72 Å². The standard InChI is InChI=1S/C10H9NO5S2/c12-10(13)9-8(3-5-17-9)18(14,15)11-6-7-2-1-4-16-7/h1-5,11H,6H2,(H,12,13). The molecule has 96 valence electrons. The first-order valence-electron chi connectivity index (χ1n) is 4.83. The number of nitrogens with one attached hydrogen (secondary N) is 1. The fourth-order valence-electron chi connectivity index (χ4n) is 1.32. The van der Waals surface area contributed by atoms with Gasteiger partial charge in [0.25, 0.3) is 0 Å². The Hall–Kier alpha value is -1.64. The summed E-state index contributed by atoms with van der Waals surface area (Å²) in [5.74, 6) is -0.811. The van der Waals surface area contributed by atoms with Crippen LogP contribution in [0.25, 0.3) is 0 Å². The van der Waals surface area contributed by atoms with E-state index in [0.717, 1.165) is 11.3 Å². The molecule has 0 saturated heterocycles. The molecule has 0 saturated carbocycles. The summed E-state index contributed by atoms with van der Waals surface area (Å²) in [4.78, 5) is 10.4. The summed E-state index contributed by atoms with van der Waals surface area (Å²) in [6.07, 6.45) is 1.43. The fraction of sp³-hybridized carbons (Fsp3) is 0.100. The van der Waals surface area contributed by atoms with Gasteiger partial charge in [-0.15, -0.1) is 11.3 Å². The first-order chi connectivity index (χ1) is 8.50. The molecule has 2 N–H and O–H groups in total. The zero-order valence-corrected chi connectivity index (χ0v) is 10.6. The fourth-order valence-corrected chi connectivity index (χ4v) is 3.57. The van der Waals surface area contributed by atoms with Crippen molar-refractivity contribution in [2.45, 2.75) is 11.4 Å². The Kier molecular flexibility index (Phi) is 3.50. The van der Waals surface area contributed by atoms with Gasteiger partial charge in [-0.1, -0.05) is 0 Å². The van der Waals surface area contributed by atoms with E-state index in [2.05, 4.69) is 4.72 Å². The number of carboxylic acids is 1. The number of furan rings is 1. The van der Waals surface area contributed by atoms with Crippen LogP contribution in [-0.4, -0.2) is 19.5 Å². The van der Waals surface area contributed by atoms with Crippen molar-refractivity contribution in [3.63, 3.8) is 0 Å². The van der Waals surface area contributed by atoms with Gasteiger partial charge in [-0.25, -0.2) is 17.9 Å².